The van der Waals surface area contributed by atoms with Gasteiger partial charge in [0.1, 0.15) is 0 Å². The predicted molar refractivity (Wildman–Crippen MR) is 65.8 cm³/mol. The molecule has 1 fully saturated rings. The van der Waals surface area contributed by atoms with E-state index in [2.05, 4.69) is 4.98 Å². The minimum atomic E-state index is -0.313. The summed E-state index contributed by atoms with van der Waals surface area (Å²) in [6.45, 7) is 3.49. The molecule has 98 valence electrons. The SMILES string of the molecule is CCOC(=O)C1CCN(c2ncccc2F)CC1. The Balaban J connectivity index is 1.95. The van der Waals surface area contributed by atoms with Crippen molar-refractivity contribution in [3.63, 3.8) is 0 Å². The van der Waals surface area contributed by atoms with Crippen LogP contribution < -0.4 is 4.90 Å². The third-order valence-corrected chi connectivity index (χ3v) is 3.15. The summed E-state index contributed by atoms with van der Waals surface area (Å²) in [4.78, 5) is 17.5. The minimum absolute atomic E-state index is 0.0621. The average molecular weight is 252 g/mol. The number of pyridine rings is 1. The number of piperidine rings is 1. The van der Waals surface area contributed by atoms with Gasteiger partial charge in [-0.05, 0) is 31.9 Å². The van der Waals surface area contributed by atoms with Gasteiger partial charge in [0, 0.05) is 19.3 Å². The molecule has 1 aromatic rings. The molecule has 0 atom stereocenters. The number of nitrogens with zero attached hydrogens (tertiary/aromatic N) is 2. The van der Waals surface area contributed by atoms with Crippen molar-refractivity contribution in [1.82, 2.24) is 4.98 Å². The standard InChI is InChI=1S/C13H17FN2O2/c1-2-18-13(17)10-5-8-16(9-6-10)12-11(14)4-3-7-15-12/h3-4,7,10H,2,5-6,8-9H2,1H3. The molecule has 0 unspecified atom stereocenters. The van der Waals surface area contributed by atoms with Gasteiger partial charge in [0.15, 0.2) is 11.6 Å². The molecule has 0 aliphatic carbocycles. The number of rotatable bonds is 3. The maximum absolute atomic E-state index is 13.6. The molecule has 0 bridgehead atoms. The Bertz CT molecular complexity index is 417. The second-order valence-electron chi connectivity index (χ2n) is 4.32. The highest BCUT2D eigenvalue weighted by Crippen LogP contribution is 2.24. The van der Waals surface area contributed by atoms with Crippen LogP contribution in [0.1, 0.15) is 19.8 Å². The molecule has 1 aliphatic rings. The topological polar surface area (TPSA) is 42.4 Å². The van der Waals surface area contributed by atoms with E-state index in [4.69, 9.17) is 4.74 Å². The third-order valence-electron chi connectivity index (χ3n) is 3.15. The fraction of sp³-hybridized carbons (Fsp3) is 0.538. The van der Waals surface area contributed by atoms with E-state index in [1.165, 1.54) is 6.07 Å². The molecule has 0 amide bonds. The molecule has 0 saturated carbocycles. The molecular weight excluding hydrogens is 235 g/mol. The first kappa shape index (κ1) is 12.8. The molecule has 18 heavy (non-hydrogen) atoms. The highest BCUT2D eigenvalue weighted by atomic mass is 19.1. The van der Waals surface area contributed by atoms with Gasteiger partial charge in [0.2, 0.25) is 0 Å². The zero-order chi connectivity index (χ0) is 13.0. The van der Waals surface area contributed by atoms with Crippen LogP contribution in [0.2, 0.25) is 0 Å². The number of carbonyl (C=O) groups excluding carboxylic acids is 1. The van der Waals surface area contributed by atoms with Gasteiger partial charge in [-0.2, -0.15) is 0 Å². The van der Waals surface area contributed by atoms with Crippen molar-refractivity contribution >= 4 is 11.8 Å². The largest absolute Gasteiger partial charge is 0.466 e. The number of anilines is 1. The van der Waals surface area contributed by atoms with Crippen molar-refractivity contribution in [1.29, 1.82) is 0 Å². The predicted octanol–water partition coefficient (Wildman–Crippen LogP) is 2.00. The summed E-state index contributed by atoms with van der Waals surface area (Å²) in [5.74, 6) is -0.140. The van der Waals surface area contributed by atoms with Crippen molar-refractivity contribution in [2.45, 2.75) is 19.8 Å². The lowest BCUT2D eigenvalue weighted by Crippen LogP contribution is -2.37. The number of hydrogen-bond donors (Lipinski definition) is 0. The molecule has 2 rings (SSSR count). The molecule has 5 heteroatoms. The first-order valence-corrected chi connectivity index (χ1v) is 6.24. The average Bonchev–Trinajstić information content (AvgIpc) is 2.40. The van der Waals surface area contributed by atoms with E-state index in [9.17, 15) is 9.18 Å². The molecule has 1 aliphatic heterocycles. The molecular formula is C13H17FN2O2. The van der Waals surface area contributed by atoms with Crippen molar-refractivity contribution in [2.75, 3.05) is 24.6 Å². The van der Waals surface area contributed by atoms with Crippen molar-refractivity contribution in [3.05, 3.63) is 24.1 Å². The summed E-state index contributed by atoms with van der Waals surface area (Å²) in [6, 6.07) is 2.98. The monoisotopic (exact) mass is 252 g/mol. The maximum atomic E-state index is 13.6. The second kappa shape index (κ2) is 5.80. The van der Waals surface area contributed by atoms with Gasteiger partial charge in [0.05, 0.1) is 12.5 Å². The van der Waals surface area contributed by atoms with E-state index >= 15 is 0 Å². The molecule has 2 heterocycles. The summed E-state index contributed by atoms with van der Waals surface area (Å²) in [5, 5.41) is 0. The fourth-order valence-corrected chi connectivity index (χ4v) is 2.20. The van der Waals surface area contributed by atoms with Gasteiger partial charge in [0.25, 0.3) is 0 Å². The summed E-state index contributed by atoms with van der Waals surface area (Å²) in [7, 11) is 0. The lowest BCUT2D eigenvalue weighted by molar-refractivity contribution is -0.148. The van der Waals surface area contributed by atoms with Gasteiger partial charge in [-0.15, -0.1) is 0 Å². The van der Waals surface area contributed by atoms with Crippen LogP contribution in [0.5, 0.6) is 0 Å². The van der Waals surface area contributed by atoms with Crippen molar-refractivity contribution < 1.29 is 13.9 Å². The van der Waals surface area contributed by atoms with E-state index in [-0.39, 0.29) is 17.7 Å². The van der Waals surface area contributed by atoms with E-state index in [0.29, 0.717) is 38.4 Å². The number of ether oxygens (including phenoxy) is 1. The fourth-order valence-electron chi connectivity index (χ4n) is 2.20. The van der Waals surface area contributed by atoms with Crippen molar-refractivity contribution in [2.24, 2.45) is 5.92 Å². The number of hydrogen-bond acceptors (Lipinski definition) is 4. The molecule has 4 nitrogen and oxygen atoms in total. The smallest absolute Gasteiger partial charge is 0.309 e. The number of carbonyl (C=O) groups is 1. The zero-order valence-corrected chi connectivity index (χ0v) is 10.4. The molecule has 0 spiro atoms. The minimum Gasteiger partial charge on any atom is -0.466 e. The highest BCUT2D eigenvalue weighted by molar-refractivity contribution is 5.72. The van der Waals surface area contributed by atoms with Crippen LogP contribution in [0.25, 0.3) is 0 Å². The molecule has 1 aromatic heterocycles. The van der Waals surface area contributed by atoms with Crippen LogP contribution in [-0.2, 0) is 9.53 Å². The molecule has 0 radical (unpaired) electrons. The number of aromatic nitrogens is 1. The van der Waals surface area contributed by atoms with Crippen LogP contribution in [0.15, 0.2) is 18.3 Å². The quantitative estimate of drug-likeness (QED) is 0.772. The first-order chi connectivity index (χ1) is 8.72. The summed E-state index contributed by atoms with van der Waals surface area (Å²) >= 11 is 0. The van der Waals surface area contributed by atoms with Gasteiger partial charge in [-0.25, -0.2) is 9.37 Å². The van der Waals surface area contributed by atoms with Gasteiger partial charge in [-0.1, -0.05) is 0 Å². The Labute approximate surface area is 106 Å². The molecule has 0 N–H and O–H groups in total. The Kier molecular flexibility index (Phi) is 4.12. The van der Waals surface area contributed by atoms with E-state index in [1.54, 1.807) is 19.2 Å². The lowest BCUT2D eigenvalue weighted by Gasteiger charge is -2.31. The number of esters is 1. The van der Waals surface area contributed by atoms with Gasteiger partial charge >= 0.3 is 5.97 Å². The second-order valence-corrected chi connectivity index (χ2v) is 4.32. The van der Waals surface area contributed by atoms with Gasteiger partial charge in [-0.3, -0.25) is 4.79 Å². The highest BCUT2D eigenvalue weighted by Gasteiger charge is 2.27. The first-order valence-electron chi connectivity index (χ1n) is 6.24. The zero-order valence-electron chi connectivity index (χ0n) is 10.4. The molecule has 1 saturated heterocycles. The van der Waals surface area contributed by atoms with E-state index in [1.807, 2.05) is 4.90 Å². The van der Waals surface area contributed by atoms with Crippen molar-refractivity contribution in [3.8, 4) is 0 Å². The summed E-state index contributed by atoms with van der Waals surface area (Å²) < 4.78 is 18.6. The van der Waals surface area contributed by atoms with Crippen LogP contribution in [0.4, 0.5) is 10.2 Å². The normalized spacial score (nSPS) is 16.7. The summed E-state index contributed by atoms with van der Waals surface area (Å²) in [6.07, 6.45) is 2.96. The van der Waals surface area contributed by atoms with Crippen LogP contribution in [0.3, 0.4) is 0 Å². The third kappa shape index (κ3) is 2.78. The van der Waals surface area contributed by atoms with E-state index < -0.39 is 0 Å². The van der Waals surface area contributed by atoms with Crippen LogP contribution in [0, 0.1) is 11.7 Å². The Hall–Kier alpha value is -1.65. The Morgan fingerprint density at radius 2 is 2.28 bits per heavy atom. The number of halogens is 1. The maximum Gasteiger partial charge on any atom is 0.309 e. The van der Waals surface area contributed by atoms with Crippen LogP contribution >= 0.6 is 0 Å². The Morgan fingerprint density at radius 1 is 1.56 bits per heavy atom. The van der Waals surface area contributed by atoms with Gasteiger partial charge < -0.3 is 9.64 Å². The van der Waals surface area contributed by atoms with Crippen LogP contribution in [-0.4, -0.2) is 30.6 Å². The summed E-state index contributed by atoms with van der Waals surface area (Å²) in [5.41, 5.74) is 0. The Morgan fingerprint density at radius 3 is 2.89 bits per heavy atom. The molecule has 0 aromatic carbocycles. The lowest BCUT2D eigenvalue weighted by atomic mass is 9.97. The van der Waals surface area contributed by atoms with E-state index in [0.717, 1.165) is 0 Å².